The standard InChI is InChI=1S/C22H25F2N3O2S/c23-17-9-18(24)11-19(10-17)27-13-16(8-21(27)28)22(29)25-12-15-3-5-26(6-4-15)14-20-2-1-7-30-20/h1-2,7,9-11,15-16H,3-6,8,12-14H2,(H,25,29). The second-order valence-electron chi connectivity index (χ2n) is 8.08. The van der Waals surface area contributed by atoms with Crippen molar-refractivity contribution in [2.24, 2.45) is 11.8 Å². The minimum absolute atomic E-state index is 0.0588. The van der Waals surface area contributed by atoms with E-state index < -0.39 is 17.6 Å². The first-order chi connectivity index (χ1) is 14.5. The first-order valence-electron chi connectivity index (χ1n) is 10.3. The number of likely N-dealkylation sites (tertiary alicyclic amines) is 1. The number of nitrogens with one attached hydrogen (secondary N) is 1. The molecule has 1 N–H and O–H groups in total. The van der Waals surface area contributed by atoms with E-state index in [0.29, 0.717) is 12.5 Å². The summed E-state index contributed by atoms with van der Waals surface area (Å²) >= 11 is 1.77. The highest BCUT2D eigenvalue weighted by Crippen LogP contribution is 2.27. The van der Waals surface area contributed by atoms with Gasteiger partial charge in [-0.2, -0.15) is 0 Å². The van der Waals surface area contributed by atoms with Gasteiger partial charge in [0.2, 0.25) is 11.8 Å². The number of thiophene rings is 1. The van der Waals surface area contributed by atoms with Crippen LogP contribution in [0.15, 0.2) is 35.7 Å². The number of hydrogen-bond donors (Lipinski definition) is 1. The average Bonchev–Trinajstić information content (AvgIpc) is 3.36. The molecule has 0 radical (unpaired) electrons. The molecule has 0 saturated carbocycles. The van der Waals surface area contributed by atoms with Crippen molar-refractivity contribution in [2.45, 2.75) is 25.8 Å². The second kappa shape index (κ2) is 9.22. The number of nitrogens with zero attached hydrogens (tertiary/aromatic N) is 2. The fraction of sp³-hybridized carbons (Fsp3) is 0.455. The molecule has 8 heteroatoms. The summed E-state index contributed by atoms with van der Waals surface area (Å²) in [6.07, 6.45) is 2.12. The fourth-order valence-electron chi connectivity index (χ4n) is 4.19. The van der Waals surface area contributed by atoms with E-state index in [1.54, 1.807) is 11.3 Å². The zero-order valence-electron chi connectivity index (χ0n) is 16.7. The van der Waals surface area contributed by atoms with E-state index in [1.165, 1.54) is 9.78 Å². The molecule has 2 amide bonds. The summed E-state index contributed by atoms with van der Waals surface area (Å²) < 4.78 is 26.9. The number of anilines is 1. The Balaban J connectivity index is 1.23. The molecule has 1 unspecified atom stereocenters. The number of carbonyl (C=O) groups excluding carboxylic acids is 2. The van der Waals surface area contributed by atoms with Crippen molar-refractivity contribution in [1.82, 2.24) is 10.2 Å². The molecule has 5 nitrogen and oxygen atoms in total. The van der Waals surface area contributed by atoms with E-state index in [-0.39, 0.29) is 30.5 Å². The van der Waals surface area contributed by atoms with Gasteiger partial charge in [-0.05, 0) is 55.4 Å². The highest BCUT2D eigenvalue weighted by Gasteiger charge is 2.35. The van der Waals surface area contributed by atoms with E-state index in [4.69, 9.17) is 0 Å². The third kappa shape index (κ3) is 5.05. The van der Waals surface area contributed by atoms with Gasteiger partial charge in [0, 0.05) is 42.7 Å². The summed E-state index contributed by atoms with van der Waals surface area (Å²) in [7, 11) is 0. The molecule has 4 rings (SSSR count). The number of amides is 2. The lowest BCUT2D eigenvalue weighted by molar-refractivity contribution is -0.126. The molecule has 160 valence electrons. The van der Waals surface area contributed by atoms with Crippen molar-refractivity contribution in [3.05, 3.63) is 52.2 Å². The van der Waals surface area contributed by atoms with Gasteiger partial charge < -0.3 is 10.2 Å². The molecule has 2 saturated heterocycles. The van der Waals surface area contributed by atoms with Gasteiger partial charge in [-0.25, -0.2) is 8.78 Å². The van der Waals surface area contributed by atoms with Crippen LogP contribution in [-0.4, -0.2) is 42.9 Å². The summed E-state index contributed by atoms with van der Waals surface area (Å²) in [5.74, 6) is -2.00. The lowest BCUT2D eigenvalue weighted by Gasteiger charge is -2.31. The van der Waals surface area contributed by atoms with Crippen molar-refractivity contribution < 1.29 is 18.4 Å². The number of hydrogen-bond acceptors (Lipinski definition) is 4. The molecular weight excluding hydrogens is 408 g/mol. The lowest BCUT2D eigenvalue weighted by atomic mass is 9.96. The van der Waals surface area contributed by atoms with E-state index in [1.807, 2.05) is 0 Å². The normalized spacial score (nSPS) is 20.7. The topological polar surface area (TPSA) is 52.7 Å². The van der Waals surface area contributed by atoms with Gasteiger partial charge in [-0.3, -0.25) is 14.5 Å². The number of carbonyl (C=O) groups is 2. The van der Waals surface area contributed by atoms with Crippen molar-refractivity contribution >= 4 is 28.8 Å². The van der Waals surface area contributed by atoms with Crippen LogP contribution in [0, 0.1) is 23.5 Å². The van der Waals surface area contributed by atoms with Crippen LogP contribution >= 0.6 is 11.3 Å². The first-order valence-corrected chi connectivity index (χ1v) is 11.1. The minimum atomic E-state index is -0.740. The summed E-state index contributed by atoms with van der Waals surface area (Å²) in [6, 6.07) is 7.22. The molecule has 0 bridgehead atoms. The monoisotopic (exact) mass is 433 g/mol. The molecule has 1 aromatic carbocycles. The van der Waals surface area contributed by atoms with Gasteiger partial charge in [-0.1, -0.05) is 6.07 Å². The molecule has 2 aliphatic heterocycles. The summed E-state index contributed by atoms with van der Waals surface area (Å²) in [4.78, 5) is 30.0. The minimum Gasteiger partial charge on any atom is -0.356 e. The van der Waals surface area contributed by atoms with E-state index in [2.05, 4.69) is 27.7 Å². The quantitative estimate of drug-likeness (QED) is 0.760. The number of piperidine rings is 1. The van der Waals surface area contributed by atoms with Crippen molar-refractivity contribution in [3.63, 3.8) is 0 Å². The highest BCUT2D eigenvalue weighted by atomic mass is 32.1. The van der Waals surface area contributed by atoms with Crippen LogP contribution in [0.4, 0.5) is 14.5 Å². The van der Waals surface area contributed by atoms with Crippen LogP contribution in [0.25, 0.3) is 0 Å². The van der Waals surface area contributed by atoms with Crippen LogP contribution in [0.5, 0.6) is 0 Å². The van der Waals surface area contributed by atoms with Gasteiger partial charge in [0.15, 0.2) is 0 Å². The van der Waals surface area contributed by atoms with Gasteiger partial charge in [0.1, 0.15) is 11.6 Å². The van der Waals surface area contributed by atoms with Gasteiger partial charge >= 0.3 is 0 Å². The number of halogens is 2. The van der Waals surface area contributed by atoms with Crippen LogP contribution in [0.3, 0.4) is 0 Å². The predicted octanol–water partition coefficient (Wildman–Crippen LogP) is 3.41. The van der Waals surface area contributed by atoms with Crippen LogP contribution in [0.2, 0.25) is 0 Å². The van der Waals surface area contributed by atoms with Gasteiger partial charge in [0.05, 0.1) is 5.92 Å². The van der Waals surface area contributed by atoms with E-state index in [0.717, 1.165) is 50.7 Å². The Morgan fingerprint density at radius 3 is 2.57 bits per heavy atom. The molecule has 0 aliphatic carbocycles. The Morgan fingerprint density at radius 1 is 1.17 bits per heavy atom. The van der Waals surface area contributed by atoms with Crippen LogP contribution in [-0.2, 0) is 16.1 Å². The zero-order valence-corrected chi connectivity index (χ0v) is 17.5. The molecule has 2 aliphatic rings. The molecule has 30 heavy (non-hydrogen) atoms. The third-order valence-corrected chi connectivity index (χ3v) is 6.75. The molecule has 2 fully saturated rings. The maximum Gasteiger partial charge on any atom is 0.227 e. The third-order valence-electron chi connectivity index (χ3n) is 5.89. The second-order valence-corrected chi connectivity index (χ2v) is 9.11. The summed E-state index contributed by atoms with van der Waals surface area (Å²) in [5.41, 5.74) is 0.158. The molecule has 2 aromatic rings. The van der Waals surface area contributed by atoms with Crippen molar-refractivity contribution in [3.8, 4) is 0 Å². The number of benzene rings is 1. The highest BCUT2D eigenvalue weighted by molar-refractivity contribution is 7.09. The SMILES string of the molecule is O=C(NCC1CCN(Cc2cccs2)CC1)C1CC(=O)N(c2cc(F)cc(F)c2)C1. The average molecular weight is 434 g/mol. The maximum atomic E-state index is 13.5. The smallest absolute Gasteiger partial charge is 0.227 e. The van der Waals surface area contributed by atoms with E-state index in [9.17, 15) is 18.4 Å². The maximum absolute atomic E-state index is 13.5. The number of rotatable bonds is 6. The molecule has 1 atom stereocenters. The van der Waals surface area contributed by atoms with E-state index >= 15 is 0 Å². The fourth-order valence-corrected chi connectivity index (χ4v) is 4.93. The lowest BCUT2D eigenvalue weighted by Crippen LogP contribution is -2.40. The van der Waals surface area contributed by atoms with Crippen LogP contribution < -0.4 is 10.2 Å². The first kappa shape index (κ1) is 20.9. The Morgan fingerprint density at radius 2 is 1.90 bits per heavy atom. The van der Waals surface area contributed by atoms with Crippen molar-refractivity contribution in [2.75, 3.05) is 31.1 Å². The molecular formula is C22H25F2N3O2S. The largest absolute Gasteiger partial charge is 0.356 e. The summed E-state index contributed by atoms with van der Waals surface area (Å²) in [5, 5.41) is 5.08. The Hall–Kier alpha value is -2.32. The predicted molar refractivity (Wildman–Crippen MR) is 112 cm³/mol. The Labute approximate surface area is 178 Å². The van der Waals surface area contributed by atoms with Gasteiger partial charge in [0.25, 0.3) is 0 Å². The molecule has 1 aromatic heterocycles. The molecule has 0 spiro atoms. The Bertz CT molecular complexity index is 878. The molecule has 3 heterocycles. The Kier molecular flexibility index (Phi) is 6.43. The van der Waals surface area contributed by atoms with Crippen LogP contribution in [0.1, 0.15) is 24.1 Å². The summed E-state index contributed by atoms with van der Waals surface area (Å²) in [6.45, 7) is 3.76. The zero-order chi connectivity index (χ0) is 21.1. The van der Waals surface area contributed by atoms with Crippen molar-refractivity contribution in [1.29, 1.82) is 0 Å². The van der Waals surface area contributed by atoms with Gasteiger partial charge in [-0.15, -0.1) is 11.3 Å².